The highest BCUT2D eigenvalue weighted by Gasteiger charge is 2.10. The molecule has 1 rings (SSSR count). The van der Waals surface area contributed by atoms with Crippen molar-refractivity contribution in [2.24, 2.45) is 0 Å². The third kappa shape index (κ3) is 3.45. The normalized spacial score (nSPS) is 10.5. The zero-order valence-corrected chi connectivity index (χ0v) is 10.4. The molecular weight excluding hydrogens is 202 g/mol. The molecule has 0 spiro atoms. The Bertz CT molecular complexity index is 328. The smallest absolute Gasteiger partial charge is 0.150 e. The Balaban J connectivity index is 2.85. The average Bonchev–Trinajstić information content (AvgIpc) is 2.28. The summed E-state index contributed by atoms with van der Waals surface area (Å²) < 4.78 is 0. The molecule has 0 amide bonds. The van der Waals surface area contributed by atoms with Gasteiger partial charge in [-0.05, 0) is 20.3 Å². The topological polar surface area (TPSA) is 49.2 Å². The number of aromatic nitrogens is 2. The van der Waals surface area contributed by atoms with E-state index in [0.29, 0.717) is 6.54 Å². The van der Waals surface area contributed by atoms with Crippen LogP contribution in [0.2, 0.25) is 0 Å². The monoisotopic (exact) mass is 223 g/mol. The van der Waals surface area contributed by atoms with Crippen LogP contribution in [0.5, 0.6) is 0 Å². The summed E-state index contributed by atoms with van der Waals surface area (Å²) in [7, 11) is 0. The number of rotatable bonds is 6. The third-order valence-electron chi connectivity index (χ3n) is 2.50. The molecule has 1 N–H and O–H groups in total. The van der Waals surface area contributed by atoms with Gasteiger partial charge >= 0.3 is 0 Å². The fraction of sp³-hybridized carbons (Fsp3) is 0.667. The van der Waals surface area contributed by atoms with Crippen LogP contribution in [0.1, 0.15) is 31.2 Å². The standard InChI is InChI=1S/C12H21N3O/c1-4-5-6-15(7-8-16)12-11(3)13-9-10(2)14-12/h9,16H,4-8H2,1-3H3. The molecule has 90 valence electrons. The van der Waals surface area contributed by atoms with E-state index in [2.05, 4.69) is 21.8 Å². The number of anilines is 1. The van der Waals surface area contributed by atoms with E-state index in [1.165, 1.54) is 0 Å². The van der Waals surface area contributed by atoms with Crippen LogP contribution in [-0.4, -0.2) is 34.8 Å². The van der Waals surface area contributed by atoms with Gasteiger partial charge in [0.15, 0.2) is 0 Å². The Morgan fingerprint density at radius 3 is 2.69 bits per heavy atom. The van der Waals surface area contributed by atoms with Crippen LogP contribution < -0.4 is 4.90 Å². The molecule has 0 bridgehead atoms. The van der Waals surface area contributed by atoms with Crippen molar-refractivity contribution in [3.63, 3.8) is 0 Å². The zero-order chi connectivity index (χ0) is 12.0. The van der Waals surface area contributed by atoms with E-state index in [9.17, 15) is 0 Å². The van der Waals surface area contributed by atoms with Gasteiger partial charge in [0, 0.05) is 19.3 Å². The van der Waals surface area contributed by atoms with Crippen LogP contribution in [0.25, 0.3) is 0 Å². The highest BCUT2D eigenvalue weighted by atomic mass is 16.3. The lowest BCUT2D eigenvalue weighted by Gasteiger charge is -2.24. The molecule has 0 radical (unpaired) electrons. The lowest BCUT2D eigenvalue weighted by molar-refractivity contribution is 0.301. The van der Waals surface area contributed by atoms with Crippen molar-refractivity contribution in [3.05, 3.63) is 17.6 Å². The molecule has 0 aliphatic carbocycles. The van der Waals surface area contributed by atoms with Crippen LogP contribution >= 0.6 is 0 Å². The largest absolute Gasteiger partial charge is 0.395 e. The van der Waals surface area contributed by atoms with E-state index in [-0.39, 0.29) is 6.61 Å². The summed E-state index contributed by atoms with van der Waals surface area (Å²) >= 11 is 0. The maximum atomic E-state index is 9.07. The molecule has 0 saturated heterocycles. The summed E-state index contributed by atoms with van der Waals surface area (Å²) in [4.78, 5) is 10.9. The molecule has 0 aliphatic heterocycles. The number of aliphatic hydroxyl groups is 1. The van der Waals surface area contributed by atoms with Crippen LogP contribution in [0.15, 0.2) is 6.20 Å². The molecule has 16 heavy (non-hydrogen) atoms. The molecule has 4 nitrogen and oxygen atoms in total. The lowest BCUT2D eigenvalue weighted by atomic mass is 10.3. The Morgan fingerprint density at radius 1 is 1.31 bits per heavy atom. The highest BCUT2D eigenvalue weighted by Crippen LogP contribution is 2.15. The fourth-order valence-electron chi connectivity index (χ4n) is 1.62. The third-order valence-corrected chi connectivity index (χ3v) is 2.50. The van der Waals surface area contributed by atoms with Crippen molar-refractivity contribution >= 4 is 5.82 Å². The first-order valence-electron chi connectivity index (χ1n) is 5.85. The molecule has 1 aromatic rings. The number of aliphatic hydroxyl groups excluding tert-OH is 1. The van der Waals surface area contributed by atoms with E-state index in [0.717, 1.165) is 36.6 Å². The molecule has 0 aromatic carbocycles. The molecule has 1 heterocycles. The van der Waals surface area contributed by atoms with Crippen molar-refractivity contribution in [1.82, 2.24) is 9.97 Å². The van der Waals surface area contributed by atoms with Crippen molar-refractivity contribution in [2.45, 2.75) is 33.6 Å². The summed E-state index contributed by atoms with van der Waals surface area (Å²) in [6.07, 6.45) is 4.02. The second kappa shape index (κ2) is 6.43. The summed E-state index contributed by atoms with van der Waals surface area (Å²) in [5, 5.41) is 9.07. The van der Waals surface area contributed by atoms with Crippen LogP contribution in [0.3, 0.4) is 0 Å². The Hall–Kier alpha value is -1.16. The van der Waals surface area contributed by atoms with Gasteiger partial charge in [-0.15, -0.1) is 0 Å². The van der Waals surface area contributed by atoms with Gasteiger partial charge in [-0.2, -0.15) is 0 Å². The Morgan fingerprint density at radius 2 is 2.06 bits per heavy atom. The van der Waals surface area contributed by atoms with E-state index in [4.69, 9.17) is 5.11 Å². The second-order valence-corrected chi connectivity index (χ2v) is 3.98. The number of nitrogens with zero attached hydrogens (tertiary/aromatic N) is 3. The van der Waals surface area contributed by atoms with Gasteiger partial charge in [-0.3, -0.25) is 4.98 Å². The zero-order valence-electron chi connectivity index (χ0n) is 10.4. The first-order chi connectivity index (χ1) is 7.69. The van der Waals surface area contributed by atoms with Gasteiger partial charge in [0.25, 0.3) is 0 Å². The van der Waals surface area contributed by atoms with Gasteiger partial charge in [0.2, 0.25) is 0 Å². The van der Waals surface area contributed by atoms with Crippen LogP contribution in [-0.2, 0) is 0 Å². The van der Waals surface area contributed by atoms with E-state index in [1.807, 2.05) is 13.8 Å². The number of hydrogen-bond donors (Lipinski definition) is 1. The summed E-state index contributed by atoms with van der Waals surface area (Å²) in [6.45, 7) is 7.75. The SMILES string of the molecule is CCCCN(CCO)c1nc(C)cnc1C. The predicted octanol–water partition coefficient (Wildman–Crippen LogP) is 1.69. The summed E-state index contributed by atoms with van der Waals surface area (Å²) in [5.41, 5.74) is 1.84. The van der Waals surface area contributed by atoms with Crippen molar-refractivity contribution < 1.29 is 5.11 Å². The highest BCUT2D eigenvalue weighted by molar-refractivity contribution is 5.43. The van der Waals surface area contributed by atoms with Gasteiger partial charge in [0.1, 0.15) is 5.82 Å². The van der Waals surface area contributed by atoms with Crippen molar-refractivity contribution in [3.8, 4) is 0 Å². The van der Waals surface area contributed by atoms with Crippen LogP contribution in [0.4, 0.5) is 5.82 Å². The minimum Gasteiger partial charge on any atom is -0.395 e. The molecule has 0 saturated carbocycles. The predicted molar refractivity (Wildman–Crippen MR) is 65.7 cm³/mol. The number of aryl methyl sites for hydroxylation is 2. The molecular formula is C12H21N3O. The lowest BCUT2D eigenvalue weighted by Crippen LogP contribution is -2.29. The Labute approximate surface area is 97.3 Å². The average molecular weight is 223 g/mol. The van der Waals surface area contributed by atoms with Gasteiger partial charge in [0.05, 0.1) is 18.0 Å². The number of hydrogen-bond acceptors (Lipinski definition) is 4. The molecule has 1 aromatic heterocycles. The van der Waals surface area contributed by atoms with Crippen molar-refractivity contribution in [2.75, 3.05) is 24.6 Å². The van der Waals surface area contributed by atoms with Crippen LogP contribution in [0, 0.1) is 13.8 Å². The maximum Gasteiger partial charge on any atom is 0.150 e. The van der Waals surface area contributed by atoms with Gasteiger partial charge in [-0.25, -0.2) is 4.98 Å². The van der Waals surface area contributed by atoms with Crippen molar-refractivity contribution in [1.29, 1.82) is 0 Å². The fourth-order valence-corrected chi connectivity index (χ4v) is 1.62. The number of unbranched alkanes of at least 4 members (excludes halogenated alkanes) is 1. The van der Waals surface area contributed by atoms with E-state index in [1.54, 1.807) is 6.20 Å². The molecule has 0 fully saturated rings. The van der Waals surface area contributed by atoms with E-state index < -0.39 is 0 Å². The molecule has 0 aliphatic rings. The molecule has 4 heteroatoms. The Kier molecular flexibility index (Phi) is 5.19. The summed E-state index contributed by atoms with van der Waals surface area (Å²) in [5.74, 6) is 0.905. The summed E-state index contributed by atoms with van der Waals surface area (Å²) in [6, 6.07) is 0. The second-order valence-electron chi connectivity index (χ2n) is 3.98. The quantitative estimate of drug-likeness (QED) is 0.797. The first-order valence-corrected chi connectivity index (χ1v) is 5.85. The van der Waals surface area contributed by atoms with E-state index >= 15 is 0 Å². The van der Waals surface area contributed by atoms with Gasteiger partial charge < -0.3 is 10.0 Å². The molecule has 0 unspecified atom stereocenters. The van der Waals surface area contributed by atoms with Gasteiger partial charge in [-0.1, -0.05) is 13.3 Å². The minimum absolute atomic E-state index is 0.152. The minimum atomic E-state index is 0.152. The first kappa shape index (κ1) is 12.9. The maximum absolute atomic E-state index is 9.07. The molecule has 0 atom stereocenters.